The molecular weight excluding hydrogens is 110 g/mol. The number of hydrogen-bond donors (Lipinski definition) is 1. The molecule has 0 amide bonds. The van der Waals surface area contributed by atoms with E-state index in [0.29, 0.717) is 5.92 Å². The summed E-state index contributed by atoms with van der Waals surface area (Å²) in [5.74, 6) is 6.61. The van der Waals surface area contributed by atoms with Crippen LogP contribution in [0.3, 0.4) is 0 Å². The normalized spacial score (nSPS) is 15.9. The molecule has 0 aromatic heterocycles. The minimum atomic E-state index is 0.657. The smallest absolute Gasteiger partial charge is 0.0452 e. The second-order valence-corrected chi connectivity index (χ2v) is 1.75. The van der Waals surface area contributed by atoms with Crippen LogP contribution in [0.25, 0.3) is 0 Å². The van der Waals surface area contributed by atoms with Crippen LogP contribution < -0.4 is 5.32 Å². The van der Waals surface area contributed by atoms with Crippen molar-refractivity contribution in [3.63, 3.8) is 0 Å². The monoisotopic (exact) mass is 125 g/mol. The second-order valence-electron chi connectivity index (χ2n) is 1.75. The first-order valence-corrected chi connectivity index (χ1v) is 3.56. The largest absolute Gasteiger partial charge is 0.314 e. The molecule has 1 rings (SSSR count). The molecule has 0 saturated carbocycles. The van der Waals surface area contributed by atoms with Gasteiger partial charge in [-0.15, -0.1) is 5.92 Å². The Morgan fingerprint density at radius 3 is 2.00 bits per heavy atom. The highest BCUT2D eigenvalue weighted by molar-refractivity contribution is 5.05. The lowest BCUT2D eigenvalue weighted by molar-refractivity contribution is 0.432. The molecule has 1 N–H and O–H groups in total. The molecule has 1 heteroatoms. The maximum atomic E-state index is 3.14. The van der Waals surface area contributed by atoms with Crippen LogP contribution in [0.15, 0.2) is 0 Å². The first kappa shape index (κ1) is 8.52. The van der Waals surface area contributed by atoms with Crippen molar-refractivity contribution in [3.8, 4) is 11.8 Å². The van der Waals surface area contributed by atoms with Gasteiger partial charge in [-0.25, -0.2) is 0 Å². The summed E-state index contributed by atoms with van der Waals surface area (Å²) in [4.78, 5) is 0. The Kier molecular flexibility index (Phi) is 5.35. The molecule has 1 nitrogen and oxygen atoms in total. The van der Waals surface area contributed by atoms with E-state index in [2.05, 4.69) is 17.2 Å². The first-order chi connectivity index (χ1) is 4.43. The van der Waals surface area contributed by atoms with Crippen molar-refractivity contribution in [2.45, 2.75) is 20.8 Å². The van der Waals surface area contributed by atoms with Gasteiger partial charge in [0.2, 0.25) is 0 Å². The van der Waals surface area contributed by atoms with Gasteiger partial charge < -0.3 is 5.32 Å². The highest BCUT2D eigenvalue weighted by Crippen LogP contribution is 1.98. The Labute approximate surface area is 57.8 Å². The summed E-state index contributed by atoms with van der Waals surface area (Å²) in [6, 6.07) is 0. The number of rotatable bonds is 0. The predicted octanol–water partition coefficient (Wildman–Crippen LogP) is 1.26. The van der Waals surface area contributed by atoms with Crippen molar-refractivity contribution in [3.05, 3.63) is 0 Å². The molecule has 1 saturated heterocycles. The summed E-state index contributed by atoms with van der Waals surface area (Å²) in [7, 11) is 0. The van der Waals surface area contributed by atoms with Crippen molar-refractivity contribution in [2.75, 3.05) is 13.1 Å². The van der Waals surface area contributed by atoms with Crippen LogP contribution >= 0.6 is 0 Å². The highest BCUT2D eigenvalue weighted by Gasteiger charge is 2.11. The molecule has 0 atom stereocenters. The molecule has 0 bridgehead atoms. The van der Waals surface area contributed by atoms with E-state index in [-0.39, 0.29) is 0 Å². The summed E-state index contributed by atoms with van der Waals surface area (Å²) >= 11 is 0. The molecule has 52 valence electrons. The molecule has 0 unspecified atom stereocenters. The van der Waals surface area contributed by atoms with Crippen LogP contribution in [-0.4, -0.2) is 13.1 Å². The zero-order valence-electron chi connectivity index (χ0n) is 6.49. The Morgan fingerprint density at radius 2 is 1.89 bits per heavy atom. The Bertz CT molecular complexity index is 103. The molecule has 1 aliphatic rings. The van der Waals surface area contributed by atoms with Crippen molar-refractivity contribution < 1.29 is 0 Å². The fourth-order valence-corrected chi connectivity index (χ4v) is 0.595. The van der Waals surface area contributed by atoms with Crippen LogP contribution in [-0.2, 0) is 0 Å². The van der Waals surface area contributed by atoms with Gasteiger partial charge in [-0.3, -0.25) is 0 Å². The quantitative estimate of drug-likeness (QED) is 0.480. The van der Waals surface area contributed by atoms with Crippen LogP contribution in [0.2, 0.25) is 0 Å². The second kappa shape index (κ2) is 5.65. The summed E-state index contributed by atoms with van der Waals surface area (Å²) in [6.07, 6.45) is 0. The molecule has 1 heterocycles. The molecule has 0 spiro atoms. The molecule has 1 aliphatic heterocycles. The molecule has 9 heavy (non-hydrogen) atoms. The summed E-state index contributed by atoms with van der Waals surface area (Å²) < 4.78 is 0. The van der Waals surface area contributed by atoms with Gasteiger partial charge in [-0.05, 0) is 6.92 Å². The van der Waals surface area contributed by atoms with Gasteiger partial charge in [0.1, 0.15) is 0 Å². The average molecular weight is 125 g/mol. The number of nitrogens with one attached hydrogen (secondary N) is 1. The Balaban J connectivity index is 0.000000291. The standard InChI is InChI=1S/C6H9N.C2H6/c1-2-3-6-4-7-5-6;1-2/h6-7H,4-5H2,1H3;1-2H3. The SMILES string of the molecule is CC.CC#CC1CNC1. The molecule has 1 fully saturated rings. The van der Waals surface area contributed by atoms with Gasteiger partial charge in [0.05, 0.1) is 0 Å². The predicted molar refractivity (Wildman–Crippen MR) is 41.2 cm³/mol. The minimum absolute atomic E-state index is 0.657. The van der Waals surface area contributed by atoms with Gasteiger partial charge in [-0.1, -0.05) is 19.8 Å². The maximum Gasteiger partial charge on any atom is 0.0452 e. The van der Waals surface area contributed by atoms with E-state index in [9.17, 15) is 0 Å². The zero-order chi connectivity index (χ0) is 7.11. The summed E-state index contributed by atoms with van der Waals surface area (Å²) in [6.45, 7) is 8.08. The van der Waals surface area contributed by atoms with Gasteiger partial charge >= 0.3 is 0 Å². The van der Waals surface area contributed by atoms with Gasteiger partial charge in [0.15, 0.2) is 0 Å². The summed E-state index contributed by atoms with van der Waals surface area (Å²) in [5, 5.41) is 3.14. The molecule has 0 radical (unpaired) electrons. The van der Waals surface area contributed by atoms with Crippen molar-refractivity contribution in [1.82, 2.24) is 5.32 Å². The third-order valence-electron chi connectivity index (χ3n) is 1.13. The third-order valence-corrected chi connectivity index (χ3v) is 1.13. The van der Waals surface area contributed by atoms with Crippen LogP contribution in [0, 0.1) is 17.8 Å². The van der Waals surface area contributed by atoms with E-state index in [0.717, 1.165) is 13.1 Å². The van der Waals surface area contributed by atoms with Crippen molar-refractivity contribution >= 4 is 0 Å². The van der Waals surface area contributed by atoms with E-state index < -0.39 is 0 Å². The minimum Gasteiger partial charge on any atom is -0.314 e. The lowest BCUT2D eigenvalue weighted by Crippen LogP contribution is -2.40. The Hall–Kier alpha value is -0.480. The van der Waals surface area contributed by atoms with Crippen molar-refractivity contribution in [1.29, 1.82) is 0 Å². The molecule has 0 aromatic carbocycles. The van der Waals surface area contributed by atoms with Crippen LogP contribution in [0.1, 0.15) is 20.8 Å². The van der Waals surface area contributed by atoms with E-state index in [1.165, 1.54) is 0 Å². The fourth-order valence-electron chi connectivity index (χ4n) is 0.595. The Morgan fingerprint density at radius 1 is 1.33 bits per heavy atom. The summed E-state index contributed by atoms with van der Waals surface area (Å²) in [5.41, 5.74) is 0. The topological polar surface area (TPSA) is 12.0 Å². The van der Waals surface area contributed by atoms with E-state index >= 15 is 0 Å². The fraction of sp³-hybridized carbons (Fsp3) is 0.750. The van der Waals surface area contributed by atoms with E-state index in [1.54, 1.807) is 0 Å². The molecule has 0 aliphatic carbocycles. The zero-order valence-corrected chi connectivity index (χ0v) is 6.49. The van der Waals surface area contributed by atoms with Crippen molar-refractivity contribution in [2.24, 2.45) is 5.92 Å². The lowest BCUT2D eigenvalue weighted by atomic mass is 10.1. The molecule has 0 aromatic rings. The van der Waals surface area contributed by atoms with E-state index in [1.807, 2.05) is 20.8 Å². The number of hydrogen-bond acceptors (Lipinski definition) is 1. The van der Waals surface area contributed by atoms with Gasteiger partial charge in [0, 0.05) is 19.0 Å². The highest BCUT2D eigenvalue weighted by atomic mass is 14.9. The first-order valence-electron chi connectivity index (χ1n) is 3.56. The average Bonchev–Trinajstić information content (AvgIpc) is 1.84. The third kappa shape index (κ3) is 3.16. The maximum absolute atomic E-state index is 3.14. The lowest BCUT2D eigenvalue weighted by Gasteiger charge is -2.20. The van der Waals surface area contributed by atoms with Gasteiger partial charge in [-0.2, -0.15) is 0 Å². The molecular formula is C8H15N. The van der Waals surface area contributed by atoms with Crippen LogP contribution in [0.5, 0.6) is 0 Å². The van der Waals surface area contributed by atoms with Crippen LogP contribution in [0.4, 0.5) is 0 Å². The van der Waals surface area contributed by atoms with E-state index in [4.69, 9.17) is 0 Å². The van der Waals surface area contributed by atoms with Gasteiger partial charge in [0.25, 0.3) is 0 Å².